The molecule has 1 amide bonds. The van der Waals surface area contributed by atoms with E-state index in [1.54, 1.807) is 32.4 Å². The van der Waals surface area contributed by atoms with Crippen LogP contribution in [-0.4, -0.2) is 32.9 Å². The third-order valence-electron chi connectivity index (χ3n) is 3.33. The van der Waals surface area contributed by atoms with Crippen LogP contribution in [0, 0.1) is 6.92 Å². The van der Waals surface area contributed by atoms with Gasteiger partial charge in [0.2, 0.25) is 0 Å². The van der Waals surface area contributed by atoms with Crippen molar-refractivity contribution in [1.82, 2.24) is 5.43 Å². The number of methoxy groups -OCH3 is 2. The van der Waals surface area contributed by atoms with E-state index in [0.29, 0.717) is 17.1 Å². The maximum absolute atomic E-state index is 11.8. The molecular formula is C18H21N3O3. The average Bonchev–Trinajstić information content (AvgIpc) is 2.61. The van der Waals surface area contributed by atoms with Crippen molar-refractivity contribution in [2.24, 2.45) is 5.10 Å². The number of benzene rings is 2. The lowest BCUT2D eigenvalue weighted by Gasteiger charge is -2.07. The number of hydrazone groups is 1. The van der Waals surface area contributed by atoms with Crippen LogP contribution in [0.2, 0.25) is 0 Å². The molecule has 0 aliphatic rings. The molecule has 2 aromatic carbocycles. The number of hydrogen-bond acceptors (Lipinski definition) is 5. The number of nitrogens with one attached hydrogen (secondary N) is 2. The van der Waals surface area contributed by atoms with Crippen molar-refractivity contribution in [2.75, 3.05) is 26.1 Å². The van der Waals surface area contributed by atoms with Crippen LogP contribution in [0.25, 0.3) is 0 Å². The van der Waals surface area contributed by atoms with Gasteiger partial charge in [0.25, 0.3) is 5.91 Å². The monoisotopic (exact) mass is 327 g/mol. The van der Waals surface area contributed by atoms with Gasteiger partial charge < -0.3 is 14.8 Å². The van der Waals surface area contributed by atoms with Crippen molar-refractivity contribution >= 4 is 17.8 Å². The highest BCUT2D eigenvalue weighted by Gasteiger charge is 2.03. The van der Waals surface area contributed by atoms with E-state index in [9.17, 15) is 4.79 Å². The van der Waals surface area contributed by atoms with E-state index < -0.39 is 0 Å². The van der Waals surface area contributed by atoms with Crippen LogP contribution in [0.5, 0.6) is 11.5 Å². The first kappa shape index (κ1) is 17.3. The fourth-order valence-corrected chi connectivity index (χ4v) is 2.01. The molecule has 0 saturated carbocycles. The van der Waals surface area contributed by atoms with Crippen LogP contribution in [0.3, 0.4) is 0 Å². The van der Waals surface area contributed by atoms with Gasteiger partial charge in [-0.05, 0) is 37.3 Å². The first-order valence-corrected chi connectivity index (χ1v) is 7.47. The summed E-state index contributed by atoms with van der Waals surface area (Å²) < 4.78 is 10.4. The molecule has 0 saturated heterocycles. The molecule has 0 radical (unpaired) electrons. The van der Waals surface area contributed by atoms with Crippen molar-refractivity contribution in [3.63, 3.8) is 0 Å². The Labute approximate surface area is 141 Å². The zero-order valence-electron chi connectivity index (χ0n) is 14.0. The Balaban J connectivity index is 1.89. The molecule has 2 N–H and O–H groups in total. The van der Waals surface area contributed by atoms with Gasteiger partial charge in [-0.3, -0.25) is 4.79 Å². The van der Waals surface area contributed by atoms with Crippen molar-refractivity contribution in [3.8, 4) is 11.5 Å². The van der Waals surface area contributed by atoms with E-state index in [0.717, 1.165) is 5.69 Å². The minimum atomic E-state index is -0.242. The summed E-state index contributed by atoms with van der Waals surface area (Å²) >= 11 is 0. The number of carbonyl (C=O) groups excluding carboxylic acids is 1. The summed E-state index contributed by atoms with van der Waals surface area (Å²) in [7, 11) is 3.16. The predicted molar refractivity (Wildman–Crippen MR) is 95.0 cm³/mol. The van der Waals surface area contributed by atoms with Crippen molar-refractivity contribution in [2.45, 2.75) is 6.92 Å². The second kappa shape index (κ2) is 8.57. The Kier molecular flexibility index (Phi) is 6.19. The van der Waals surface area contributed by atoms with Gasteiger partial charge in [-0.2, -0.15) is 5.10 Å². The van der Waals surface area contributed by atoms with Crippen LogP contribution in [0.1, 0.15) is 11.1 Å². The molecule has 0 heterocycles. The maximum atomic E-state index is 11.8. The zero-order valence-corrected chi connectivity index (χ0v) is 14.0. The lowest BCUT2D eigenvalue weighted by molar-refractivity contribution is -0.119. The van der Waals surface area contributed by atoms with Gasteiger partial charge in [0.1, 0.15) is 11.5 Å². The minimum absolute atomic E-state index is 0.135. The molecule has 0 atom stereocenters. The second-order valence-electron chi connectivity index (χ2n) is 5.12. The highest BCUT2D eigenvalue weighted by atomic mass is 16.5. The Morgan fingerprint density at radius 2 is 1.88 bits per heavy atom. The van der Waals surface area contributed by atoms with Crippen LogP contribution in [0.15, 0.2) is 47.6 Å². The molecule has 0 spiro atoms. The Morgan fingerprint density at radius 1 is 1.12 bits per heavy atom. The molecule has 0 aromatic heterocycles. The van der Waals surface area contributed by atoms with Gasteiger partial charge >= 0.3 is 0 Å². The molecule has 0 fully saturated rings. The molecule has 6 heteroatoms. The molecular weight excluding hydrogens is 306 g/mol. The standard InChI is InChI=1S/C18H21N3O3/c1-13-4-6-15(7-5-13)19-12-18(22)21-20-11-14-10-16(23-2)8-9-17(14)24-3/h4-11,19H,12H2,1-3H3,(H,21,22)/b20-11+. The topological polar surface area (TPSA) is 72.0 Å². The van der Waals surface area contributed by atoms with Crippen LogP contribution < -0.4 is 20.2 Å². The molecule has 126 valence electrons. The molecule has 0 aliphatic heterocycles. The van der Waals surface area contributed by atoms with E-state index >= 15 is 0 Å². The van der Waals surface area contributed by atoms with Crippen LogP contribution in [-0.2, 0) is 4.79 Å². The summed E-state index contributed by atoms with van der Waals surface area (Å²) in [5.41, 5.74) is 5.24. The van der Waals surface area contributed by atoms with E-state index in [1.807, 2.05) is 31.2 Å². The fourth-order valence-electron chi connectivity index (χ4n) is 2.01. The SMILES string of the molecule is COc1ccc(OC)c(/C=N/NC(=O)CNc2ccc(C)cc2)c1. The number of ether oxygens (including phenoxy) is 2. The van der Waals surface area contributed by atoms with Gasteiger partial charge in [-0.1, -0.05) is 17.7 Å². The maximum Gasteiger partial charge on any atom is 0.259 e. The van der Waals surface area contributed by atoms with Crippen LogP contribution in [0.4, 0.5) is 5.69 Å². The minimum Gasteiger partial charge on any atom is -0.497 e. The van der Waals surface area contributed by atoms with Gasteiger partial charge in [-0.15, -0.1) is 0 Å². The van der Waals surface area contributed by atoms with Gasteiger partial charge in [-0.25, -0.2) is 5.43 Å². The van der Waals surface area contributed by atoms with E-state index in [2.05, 4.69) is 15.8 Å². The van der Waals surface area contributed by atoms with E-state index in [-0.39, 0.29) is 12.5 Å². The predicted octanol–water partition coefficient (Wildman–Crippen LogP) is 2.57. The Morgan fingerprint density at radius 3 is 2.54 bits per heavy atom. The summed E-state index contributed by atoms with van der Waals surface area (Å²) in [6.07, 6.45) is 1.52. The van der Waals surface area contributed by atoms with Crippen LogP contribution >= 0.6 is 0 Å². The lowest BCUT2D eigenvalue weighted by Crippen LogP contribution is -2.25. The first-order valence-electron chi connectivity index (χ1n) is 7.47. The van der Waals surface area contributed by atoms with Crippen molar-refractivity contribution < 1.29 is 14.3 Å². The number of hydrogen-bond donors (Lipinski definition) is 2. The summed E-state index contributed by atoms with van der Waals surface area (Å²) in [5, 5.41) is 6.98. The van der Waals surface area contributed by atoms with Crippen molar-refractivity contribution in [1.29, 1.82) is 0 Å². The van der Waals surface area contributed by atoms with Gasteiger partial charge in [0.15, 0.2) is 0 Å². The number of anilines is 1. The Hall–Kier alpha value is -3.02. The summed E-state index contributed by atoms with van der Waals surface area (Å²) in [5.74, 6) is 1.09. The quantitative estimate of drug-likeness (QED) is 0.606. The number of rotatable bonds is 7. The third kappa shape index (κ3) is 5.01. The van der Waals surface area contributed by atoms with Gasteiger partial charge in [0, 0.05) is 11.3 Å². The third-order valence-corrected chi connectivity index (χ3v) is 3.33. The highest BCUT2D eigenvalue weighted by Crippen LogP contribution is 2.22. The number of amides is 1. The van der Waals surface area contributed by atoms with E-state index in [1.165, 1.54) is 11.8 Å². The molecule has 0 bridgehead atoms. The summed E-state index contributed by atoms with van der Waals surface area (Å²) in [6.45, 7) is 2.15. The highest BCUT2D eigenvalue weighted by molar-refractivity contribution is 5.86. The molecule has 6 nitrogen and oxygen atoms in total. The molecule has 0 aliphatic carbocycles. The summed E-state index contributed by atoms with van der Waals surface area (Å²) in [4.78, 5) is 11.8. The fraction of sp³-hybridized carbons (Fsp3) is 0.222. The lowest BCUT2D eigenvalue weighted by atomic mass is 10.2. The largest absolute Gasteiger partial charge is 0.497 e. The second-order valence-corrected chi connectivity index (χ2v) is 5.12. The Bertz CT molecular complexity index is 712. The number of nitrogens with zero attached hydrogens (tertiary/aromatic N) is 1. The zero-order chi connectivity index (χ0) is 17.4. The number of aryl methyl sites for hydroxylation is 1. The van der Waals surface area contributed by atoms with E-state index in [4.69, 9.17) is 9.47 Å². The molecule has 0 unspecified atom stereocenters. The normalized spacial score (nSPS) is 10.5. The molecule has 2 aromatic rings. The van der Waals surface area contributed by atoms with Crippen molar-refractivity contribution in [3.05, 3.63) is 53.6 Å². The van der Waals surface area contributed by atoms with Gasteiger partial charge in [0.05, 0.1) is 27.0 Å². The smallest absolute Gasteiger partial charge is 0.259 e. The molecule has 24 heavy (non-hydrogen) atoms. The number of carbonyl (C=O) groups is 1. The average molecular weight is 327 g/mol. The molecule has 2 rings (SSSR count). The first-order chi connectivity index (χ1) is 11.6. The summed E-state index contributed by atoms with van der Waals surface area (Å²) in [6, 6.07) is 13.2.